The summed E-state index contributed by atoms with van der Waals surface area (Å²) in [6.07, 6.45) is 8.64. The Balaban J connectivity index is -0.000000340. The summed E-state index contributed by atoms with van der Waals surface area (Å²) in [7, 11) is 0. The van der Waals surface area contributed by atoms with Gasteiger partial charge in [0.2, 0.25) is 0 Å². The number of hydrogen-bond donors (Lipinski definition) is 1. The van der Waals surface area contributed by atoms with Gasteiger partial charge in [0.1, 0.15) is 0 Å². The van der Waals surface area contributed by atoms with E-state index in [4.69, 9.17) is 5.11 Å². The maximum Gasteiger partial charge on any atom is 1.00 e. The Labute approximate surface area is 120 Å². The van der Waals surface area contributed by atoms with Crippen molar-refractivity contribution < 1.29 is 28.8 Å². The van der Waals surface area contributed by atoms with E-state index < -0.39 is 5.97 Å². The first kappa shape index (κ1) is 22.3. The van der Waals surface area contributed by atoms with Gasteiger partial charge in [-0.3, -0.25) is 4.79 Å². The van der Waals surface area contributed by atoms with Crippen LogP contribution < -0.4 is 18.9 Å². The van der Waals surface area contributed by atoms with E-state index in [1.54, 1.807) is 0 Å². The van der Waals surface area contributed by atoms with Crippen molar-refractivity contribution in [1.29, 1.82) is 0 Å². The molecule has 3 heteroatoms. The Morgan fingerprint density at radius 2 is 1.29 bits per heavy atom. The molecule has 0 aromatic heterocycles. The second-order valence-corrected chi connectivity index (χ2v) is 4.77. The van der Waals surface area contributed by atoms with Crippen LogP contribution in [0.1, 0.15) is 79.1 Å². The monoisotopic (exact) mass is 236 g/mol. The van der Waals surface area contributed by atoms with Crippen molar-refractivity contribution in [3.05, 3.63) is 5.92 Å². The van der Waals surface area contributed by atoms with Crippen molar-refractivity contribution in [2.75, 3.05) is 0 Å². The maximum absolute atomic E-state index is 10.1. The van der Waals surface area contributed by atoms with Gasteiger partial charge in [0.05, 0.1) is 0 Å². The van der Waals surface area contributed by atoms with Crippen LogP contribution in [0.3, 0.4) is 0 Å². The van der Waals surface area contributed by atoms with Crippen LogP contribution >= 0.6 is 0 Å². The second-order valence-electron chi connectivity index (χ2n) is 4.77. The van der Waals surface area contributed by atoms with E-state index in [1.165, 1.54) is 38.0 Å². The topological polar surface area (TPSA) is 37.3 Å². The number of aliphatic carboxylic acids is 1. The first-order valence-corrected chi connectivity index (χ1v) is 6.49. The molecule has 0 aliphatic carbocycles. The molecule has 0 rings (SSSR count). The third-order valence-electron chi connectivity index (χ3n) is 1.99. The van der Waals surface area contributed by atoms with Gasteiger partial charge >= 0.3 is 24.8 Å². The van der Waals surface area contributed by atoms with E-state index in [0.717, 1.165) is 12.8 Å². The van der Waals surface area contributed by atoms with Gasteiger partial charge in [-0.15, -0.1) is 0 Å². The fourth-order valence-electron chi connectivity index (χ4n) is 1.23. The fraction of sp³-hybridized carbons (Fsp3) is 0.857. The first-order valence-electron chi connectivity index (χ1n) is 6.49. The summed E-state index contributed by atoms with van der Waals surface area (Å²) < 4.78 is 0. The van der Waals surface area contributed by atoms with Crippen LogP contribution in [0.2, 0.25) is 0 Å². The largest absolute Gasteiger partial charge is 1.00 e. The smallest absolute Gasteiger partial charge is 0.481 e. The third kappa shape index (κ3) is 38.7. The Morgan fingerprint density at radius 1 is 0.941 bits per heavy atom. The molecule has 0 aliphatic rings. The molecule has 0 saturated heterocycles. The molecule has 0 aromatic rings. The number of carbonyl (C=O) groups is 1. The Morgan fingerprint density at radius 3 is 1.65 bits per heavy atom. The van der Waals surface area contributed by atoms with Crippen LogP contribution in [0.25, 0.3) is 0 Å². The second kappa shape index (κ2) is 18.4. The molecule has 0 aliphatic heterocycles. The Kier molecular flexibility index (Phi) is 24.1. The van der Waals surface area contributed by atoms with Gasteiger partial charge in [-0.1, -0.05) is 45.4 Å². The van der Waals surface area contributed by atoms with Gasteiger partial charge in [0.15, 0.2) is 0 Å². The zero-order chi connectivity index (χ0) is 12.8. The summed E-state index contributed by atoms with van der Waals surface area (Å²) in [6.45, 7) is 8.45. The van der Waals surface area contributed by atoms with Crippen LogP contribution in [0.5, 0.6) is 0 Å². The van der Waals surface area contributed by atoms with Crippen molar-refractivity contribution in [1.82, 2.24) is 0 Å². The number of carboxylic acid groups (broad SMARTS) is 1. The molecule has 0 heterocycles. The van der Waals surface area contributed by atoms with E-state index in [0.29, 0.717) is 6.42 Å². The average Bonchev–Trinajstić information content (AvgIpc) is 2.15. The van der Waals surface area contributed by atoms with E-state index >= 15 is 0 Å². The average molecular weight is 236 g/mol. The molecule has 0 saturated carbocycles. The molecule has 0 amide bonds. The van der Waals surface area contributed by atoms with E-state index in [1.807, 2.05) is 0 Å². The van der Waals surface area contributed by atoms with Crippen LogP contribution in [-0.2, 0) is 4.79 Å². The number of rotatable bonds is 8. The molecule has 0 unspecified atom stereocenters. The van der Waals surface area contributed by atoms with Crippen LogP contribution in [-0.4, -0.2) is 11.1 Å². The fourth-order valence-corrected chi connectivity index (χ4v) is 1.23. The molecule has 0 atom stereocenters. The number of carboxylic acids is 1. The number of unbranched alkanes of at least 4 members (excludes halogenated alkanes) is 6. The molecule has 2 nitrogen and oxygen atoms in total. The predicted molar refractivity (Wildman–Crippen MR) is 70.5 cm³/mol. The van der Waals surface area contributed by atoms with Crippen LogP contribution in [0.15, 0.2) is 0 Å². The van der Waals surface area contributed by atoms with Gasteiger partial charge in [-0.05, 0) is 6.42 Å². The Hall–Kier alpha value is 0.0674. The van der Waals surface area contributed by atoms with E-state index in [-0.39, 0.29) is 18.9 Å². The van der Waals surface area contributed by atoms with Crippen molar-refractivity contribution in [2.24, 2.45) is 0 Å². The van der Waals surface area contributed by atoms with Crippen molar-refractivity contribution >= 4 is 5.97 Å². The van der Waals surface area contributed by atoms with Crippen LogP contribution in [0.4, 0.5) is 0 Å². The number of hydrogen-bond acceptors (Lipinski definition) is 1. The van der Waals surface area contributed by atoms with Crippen LogP contribution in [0, 0.1) is 5.92 Å². The molecule has 17 heavy (non-hydrogen) atoms. The standard InChI is InChI=1S/C10H20O2.C4H9.Li/c1-2-3-4-5-6-7-8-9-10(11)12;1-4(2)3;/h2-9H2,1H3,(H,11,12);1-3H3;/q;-1;+1. The summed E-state index contributed by atoms with van der Waals surface area (Å²) in [4.78, 5) is 10.1. The normalized spacial score (nSPS) is 9.24. The molecule has 1 N–H and O–H groups in total. The van der Waals surface area contributed by atoms with Gasteiger partial charge < -0.3 is 11.0 Å². The summed E-state index contributed by atoms with van der Waals surface area (Å²) in [5, 5.41) is 8.35. The molecule has 0 radical (unpaired) electrons. The summed E-state index contributed by atoms with van der Waals surface area (Å²) >= 11 is 0. The minimum Gasteiger partial charge on any atom is -0.481 e. The maximum atomic E-state index is 10.1. The molecule has 0 spiro atoms. The van der Waals surface area contributed by atoms with Gasteiger partial charge in [-0.2, -0.15) is 20.8 Å². The Bertz CT molecular complexity index is 144. The summed E-state index contributed by atoms with van der Waals surface area (Å²) in [5.41, 5.74) is 0. The predicted octanol–water partition coefficient (Wildman–Crippen LogP) is 1.84. The van der Waals surface area contributed by atoms with Gasteiger partial charge in [0.25, 0.3) is 0 Å². The summed E-state index contributed by atoms with van der Waals surface area (Å²) in [6, 6.07) is 0. The minimum atomic E-state index is -0.663. The molecule has 0 bridgehead atoms. The van der Waals surface area contributed by atoms with Gasteiger partial charge in [0, 0.05) is 6.42 Å². The molecule has 0 fully saturated rings. The van der Waals surface area contributed by atoms with E-state index in [2.05, 4.69) is 27.7 Å². The van der Waals surface area contributed by atoms with Crippen molar-refractivity contribution in [2.45, 2.75) is 79.1 Å². The quantitative estimate of drug-likeness (QED) is 0.396. The first-order chi connectivity index (χ1) is 7.50. The zero-order valence-electron chi connectivity index (χ0n) is 12.5. The van der Waals surface area contributed by atoms with Crippen molar-refractivity contribution in [3.8, 4) is 0 Å². The minimum absolute atomic E-state index is 0. The van der Waals surface area contributed by atoms with E-state index in [9.17, 15) is 4.79 Å². The third-order valence-corrected chi connectivity index (χ3v) is 1.99. The zero-order valence-corrected chi connectivity index (χ0v) is 12.5. The molecular formula is C14H29LiO2. The molecular weight excluding hydrogens is 207 g/mol. The SMILES string of the molecule is CCCCCCCCCC(=O)O.C[C-](C)C.[Li+]. The molecule has 0 aromatic carbocycles. The summed E-state index contributed by atoms with van der Waals surface area (Å²) in [5.74, 6) is 0.753. The molecule has 98 valence electrons. The van der Waals surface area contributed by atoms with Crippen molar-refractivity contribution in [3.63, 3.8) is 0 Å². The van der Waals surface area contributed by atoms with Gasteiger partial charge in [-0.25, -0.2) is 0 Å².